The summed E-state index contributed by atoms with van der Waals surface area (Å²) in [7, 11) is 0. The second-order valence-corrected chi connectivity index (χ2v) is 9.12. The summed E-state index contributed by atoms with van der Waals surface area (Å²) in [6.07, 6.45) is 1.52. The van der Waals surface area contributed by atoms with Gasteiger partial charge in [-0.25, -0.2) is 0 Å². The van der Waals surface area contributed by atoms with Crippen molar-refractivity contribution in [1.82, 2.24) is 0 Å². The van der Waals surface area contributed by atoms with E-state index in [1.54, 1.807) is 4.90 Å². The molecule has 2 aromatic carbocycles. The van der Waals surface area contributed by atoms with Crippen molar-refractivity contribution in [3.8, 4) is 5.75 Å². The molecule has 1 amide bonds. The molecule has 0 radical (unpaired) electrons. The van der Waals surface area contributed by atoms with Gasteiger partial charge in [0.2, 0.25) is 5.91 Å². The van der Waals surface area contributed by atoms with Crippen molar-refractivity contribution >= 4 is 17.4 Å². The van der Waals surface area contributed by atoms with Gasteiger partial charge in [-0.2, -0.15) is 0 Å². The number of nitrogens with zero attached hydrogens (tertiary/aromatic N) is 1. The Morgan fingerprint density at radius 2 is 1.67 bits per heavy atom. The van der Waals surface area contributed by atoms with Crippen molar-refractivity contribution in [2.24, 2.45) is 5.41 Å². The third kappa shape index (κ3) is 3.79. The van der Waals surface area contributed by atoms with Gasteiger partial charge in [-0.05, 0) is 55.5 Å². The summed E-state index contributed by atoms with van der Waals surface area (Å²) in [6, 6.07) is 15.8. The lowest BCUT2D eigenvalue weighted by Gasteiger charge is -2.43. The Balaban J connectivity index is 1.82. The number of rotatable bonds is 4. The molecule has 4 heteroatoms. The Bertz CT molecular complexity index is 1000. The molecule has 1 unspecified atom stereocenters. The van der Waals surface area contributed by atoms with Crippen LogP contribution in [0.25, 0.3) is 0 Å². The van der Waals surface area contributed by atoms with Crippen molar-refractivity contribution < 1.29 is 14.3 Å². The minimum Gasteiger partial charge on any atom is -0.494 e. The van der Waals surface area contributed by atoms with Crippen LogP contribution in [0.2, 0.25) is 0 Å². The number of aryl methyl sites for hydroxylation is 1. The van der Waals surface area contributed by atoms with E-state index >= 15 is 0 Å². The number of hydrogen-bond donors (Lipinski definition) is 0. The zero-order chi connectivity index (χ0) is 21.5. The van der Waals surface area contributed by atoms with Crippen LogP contribution in [0.15, 0.2) is 59.8 Å². The van der Waals surface area contributed by atoms with Gasteiger partial charge < -0.3 is 4.74 Å². The third-order valence-corrected chi connectivity index (χ3v) is 6.03. The van der Waals surface area contributed by atoms with E-state index in [4.69, 9.17) is 4.74 Å². The molecular formula is C26H29NO3. The van der Waals surface area contributed by atoms with Crippen LogP contribution in [-0.2, 0) is 9.59 Å². The highest BCUT2D eigenvalue weighted by Crippen LogP contribution is 2.48. The predicted molar refractivity (Wildman–Crippen MR) is 119 cm³/mol. The molecule has 30 heavy (non-hydrogen) atoms. The summed E-state index contributed by atoms with van der Waals surface area (Å²) in [4.78, 5) is 28.5. The first-order chi connectivity index (χ1) is 14.3. The summed E-state index contributed by atoms with van der Waals surface area (Å²) in [6.45, 7) is 8.80. The molecule has 1 aliphatic carbocycles. The van der Waals surface area contributed by atoms with Crippen LogP contribution < -0.4 is 9.64 Å². The van der Waals surface area contributed by atoms with Crippen LogP contribution in [-0.4, -0.2) is 18.3 Å². The average Bonchev–Trinajstić information content (AvgIpc) is 2.68. The maximum Gasteiger partial charge on any atom is 0.232 e. The smallest absolute Gasteiger partial charge is 0.232 e. The number of carbonyl (C=O) groups excluding carboxylic acids is 2. The summed E-state index contributed by atoms with van der Waals surface area (Å²) in [5, 5.41) is 0. The topological polar surface area (TPSA) is 46.6 Å². The van der Waals surface area contributed by atoms with E-state index in [9.17, 15) is 9.59 Å². The molecule has 1 atom stereocenters. The molecule has 0 saturated heterocycles. The zero-order valence-electron chi connectivity index (χ0n) is 18.2. The van der Waals surface area contributed by atoms with Crippen molar-refractivity contribution in [2.75, 3.05) is 11.5 Å². The van der Waals surface area contributed by atoms with Gasteiger partial charge in [0.1, 0.15) is 5.75 Å². The number of carbonyl (C=O) groups is 2. The van der Waals surface area contributed by atoms with Crippen molar-refractivity contribution in [1.29, 1.82) is 0 Å². The fourth-order valence-corrected chi connectivity index (χ4v) is 4.66. The lowest BCUT2D eigenvalue weighted by atomic mass is 9.69. The van der Waals surface area contributed by atoms with E-state index in [1.165, 1.54) is 0 Å². The Labute approximate surface area is 178 Å². The van der Waals surface area contributed by atoms with Gasteiger partial charge in [-0.1, -0.05) is 43.7 Å². The number of benzene rings is 2. The quantitative estimate of drug-likeness (QED) is 0.672. The van der Waals surface area contributed by atoms with E-state index in [0.29, 0.717) is 25.9 Å². The van der Waals surface area contributed by atoms with Gasteiger partial charge in [0.05, 0.1) is 6.61 Å². The number of amides is 1. The van der Waals surface area contributed by atoms with Gasteiger partial charge in [0, 0.05) is 35.7 Å². The molecule has 0 saturated carbocycles. The van der Waals surface area contributed by atoms with Crippen LogP contribution in [0, 0.1) is 12.3 Å². The highest BCUT2D eigenvalue weighted by Gasteiger charge is 2.44. The number of allylic oxidation sites excluding steroid dienone is 2. The molecule has 4 nitrogen and oxygen atoms in total. The van der Waals surface area contributed by atoms with E-state index in [1.807, 2.05) is 62.4 Å². The second kappa shape index (κ2) is 7.75. The number of hydrogen-bond acceptors (Lipinski definition) is 3. The predicted octanol–water partition coefficient (Wildman–Crippen LogP) is 5.56. The molecule has 156 valence electrons. The summed E-state index contributed by atoms with van der Waals surface area (Å²) < 4.78 is 5.55. The first-order valence-electron chi connectivity index (χ1n) is 10.7. The minimum atomic E-state index is -0.200. The lowest BCUT2D eigenvalue weighted by molar-refractivity contribution is -0.121. The molecule has 0 bridgehead atoms. The average molecular weight is 404 g/mol. The summed E-state index contributed by atoms with van der Waals surface area (Å²) >= 11 is 0. The molecule has 0 spiro atoms. The maximum atomic E-state index is 13.4. The number of ether oxygens (including phenoxy) is 1. The molecule has 2 aromatic rings. The van der Waals surface area contributed by atoms with Crippen molar-refractivity contribution in [3.63, 3.8) is 0 Å². The number of Topliss-reactive ketones (excluding diaryl/α,β-unsaturated/α-hetero) is 1. The molecule has 0 N–H and O–H groups in total. The number of ketones is 1. The van der Waals surface area contributed by atoms with Crippen LogP contribution in [0.1, 0.15) is 57.1 Å². The first kappa shape index (κ1) is 20.4. The molecule has 2 aliphatic rings. The Hall–Kier alpha value is -2.88. The summed E-state index contributed by atoms with van der Waals surface area (Å²) in [5.41, 5.74) is 4.49. The largest absolute Gasteiger partial charge is 0.494 e. The molecule has 1 heterocycles. The maximum absolute atomic E-state index is 13.4. The van der Waals surface area contributed by atoms with Crippen molar-refractivity contribution in [3.05, 3.63) is 70.9 Å². The van der Waals surface area contributed by atoms with Gasteiger partial charge in [-0.15, -0.1) is 0 Å². The molecule has 1 aliphatic heterocycles. The third-order valence-electron chi connectivity index (χ3n) is 6.03. The van der Waals surface area contributed by atoms with E-state index < -0.39 is 0 Å². The van der Waals surface area contributed by atoms with Crippen LogP contribution in [0.3, 0.4) is 0 Å². The number of anilines is 1. The minimum absolute atomic E-state index is 0.0435. The van der Waals surface area contributed by atoms with Crippen LogP contribution in [0.5, 0.6) is 5.75 Å². The standard InChI is InChI=1S/C26H29NO3/c1-5-30-20-12-8-18(9-13-20)21-14-24(29)27(19-10-6-17(2)7-11-19)22-15-26(3,4)16-23(28)25(21)22/h6-13,21H,5,14-16H2,1-4H3. The summed E-state index contributed by atoms with van der Waals surface area (Å²) in [5.74, 6) is 0.801. The molecular weight excluding hydrogens is 374 g/mol. The Morgan fingerprint density at radius 1 is 1.00 bits per heavy atom. The second-order valence-electron chi connectivity index (χ2n) is 9.12. The van der Waals surface area contributed by atoms with Crippen LogP contribution in [0.4, 0.5) is 5.69 Å². The first-order valence-corrected chi connectivity index (χ1v) is 10.7. The Morgan fingerprint density at radius 3 is 2.30 bits per heavy atom. The highest BCUT2D eigenvalue weighted by atomic mass is 16.5. The Kier molecular flexibility index (Phi) is 5.27. The van der Waals surface area contributed by atoms with Gasteiger partial charge in [0.25, 0.3) is 0 Å². The fraction of sp³-hybridized carbons (Fsp3) is 0.385. The highest BCUT2D eigenvalue weighted by molar-refractivity contribution is 6.07. The SMILES string of the molecule is CCOc1ccc(C2CC(=O)N(c3ccc(C)cc3)C3=C2C(=O)CC(C)(C)C3)cc1. The van der Waals surface area contributed by atoms with Gasteiger partial charge in [0.15, 0.2) is 5.78 Å². The monoisotopic (exact) mass is 403 g/mol. The van der Waals surface area contributed by atoms with Gasteiger partial charge >= 0.3 is 0 Å². The van der Waals surface area contributed by atoms with E-state index in [2.05, 4.69) is 13.8 Å². The fourth-order valence-electron chi connectivity index (χ4n) is 4.66. The van der Waals surface area contributed by atoms with E-state index in [0.717, 1.165) is 33.8 Å². The van der Waals surface area contributed by atoms with Crippen molar-refractivity contribution in [2.45, 2.75) is 52.9 Å². The normalized spacial score (nSPS) is 20.9. The zero-order valence-corrected chi connectivity index (χ0v) is 18.2. The van der Waals surface area contributed by atoms with Crippen LogP contribution >= 0.6 is 0 Å². The molecule has 0 fully saturated rings. The van der Waals surface area contributed by atoms with Gasteiger partial charge in [-0.3, -0.25) is 14.5 Å². The van der Waals surface area contributed by atoms with E-state index in [-0.39, 0.29) is 23.0 Å². The lowest BCUT2D eigenvalue weighted by Crippen LogP contribution is -2.43. The molecule has 0 aromatic heterocycles. The molecule has 4 rings (SSSR count).